The number of benzene rings is 1. The Labute approximate surface area is 135 Å². The molecule has 1 aliphatic rings. The van der Waals surface area contributed by atoms with Crippen LogP contribution in [0.5, 0.6) is 0 Å². The Kier molecular flexibility index (Phi) is 7.33. The van der Waals surface area contributed by atoms with Crippen LogP contribution in [0.2, 0.25) is 0 Å². The lowest BCUT2D eigenvalue weighted by atomic mass is 10.2. The van der Waals surface area contributed by atoms with Crippen LogP contribution in [0.4, 0.5) is 0 Å². The standard InChI is InChI=1S/C18H31N3O/c1-3-19(4-2)15-18(22)16-21-12-10-20(11-13-21)14-17-8-6-5-7-9-17/h5-9,18,22H,3-4,10-16H2,1-2H3/p+3/t18-/m0/s1. The Hall–Kier alpha value is -0.940. The van der Waals surface area contributed by atoms with Gasteiger partial charge in [0.1, 0.15) is 45.8 Å². The number of nitrogens with one attached hydrogen (secondary N) is 3. The minimum Gasteiger partial charge on any atom is -0.382 e. The molecule has 1 atom stereocenters. The lowest BCUT2D eigenvalue weighted by Crippen LogP contribution is -3.28. The second-order valence-electron chi connectivity index (χ2n) is 6.68. The number of likely N-dealkylation sites (N-methyl/N-ethyl adjacent to an activating group) is 1. The zero-order chi connectivity index (χ0) is 15.8. The molecule has 1 aromatic rings. The Morgan fingerprint density at radius 3 is 2.18 bits per heavy atom. The molecular weight excluding hydrogens is 274 g/mol. The minimum atomic E-state index is -0.152. The van der Waals surface area contributed by atoms with E-state index in [1.807, 2.05) is 0 Å². The van der Waals surface area contributed by atoms with E-state index in [-0.39, 0.29) is 6.10 Å². The molecule has 124 valence electrons. The van der Waals surface area contributed by atoms with E-state index in [1.54, 1.807) is 9.80 Å². The molecule has 1 saturated heterocycles. The first-order valence-corrected chi connectivity index (χ1v) is 8.94. The van der Waals surface area contributed by atoms with Crippen molar-refractivity contribution >= 4 is 0 Å². The van der Waals surface area contributed by atoms with Gasteiger partial charge in [-0.15, -0.1) is 0 Å². The van der Waals surface area contributed by atoms with Crippen LogP contribution in [0.3, 0.4) is 0 Å². The summed E-state index contributed by atoms with van der Waals surface area (Å²) in [5.41, 5.74) is 1.44. The molecule has 0 unspecified atom stereocenters. The Morgan fingerprint density at radius 1 is 1.00 bits per heavy atom. The molecule has 4 heteroatoms. The second-order valence-corrected chi connectivity index (χ2v) is 6.68. The van der Waals surface area contributed by atoms with E-state index in [0.717, 1.165) is 32.7 Å². The van der Waals surface area contributed by atoms with Gasteiger partial charge in [-0.05, 0) is 13.8 Å². The average Bonchev–Trinajstić information content (AvgIpc) is 2.55. The number of aliphatic hydroxyl groups is 1. The maximum absolute atomic E-state index is 10.3. The third-order valence-electron chi connectivity index (χ3n) is 5.01. The lowest BCUT2D eigenvalue weighted by Gasteiger charge is -2.31. The van der Waals surface area contributed by atoms with Gasteiger partial charge in [-0.3, -0.25) is 0 Å². The highest BCUT2D eigenvalue weighted by Crippen LogP contribution is 1.95. The SMILES string of the molecule is CC[NH+](CC)C[C@H](O)C[NH+]1CC[NH+](Cc2ccccc2)CC1. The Bertz CT molecular complexity index is 400. The van der Waals surface area contributed by atoms with Gasteiger partial charge in [0.15, 0.2) is 6.10 Å². The van der Waals surface area contributed by atoms with Crippen molar-refractivity contribution in [2.75, 3.05) is 52.4 Å². The second kappa shape index (κ2) is 9.26. The van der Waals surface area contributed by atoms with Crippen LogP contribution in [0.25, 0.3) is 0 Å². The lowest BCUT2D eigenvalue weighted by molar-refractivity contribution is -1.02. The van der Waals surface area contributed by atoms with Crippen molar-refractivity contribution in [3.05, 3.63) is 35.9 Å². The Balaban J connectivity index is 1.68. The summed E-state index contributed by atoms with van der Waals surface area (Å²) >= 11 is 0. The number of aliphatic hydroxyl groups excluding tert-OH is 1. The largest absolute Gasteiger partial charge is 0.382 e. The van der Waals surface area contributed by atoms with Crippen molar-refractivity contribution in [2.24, 2.45) is 0 Å². The van der Waals surface area contributed by atoms with Gasteiger partial charge in [-0.1, -0.05) is 30.3 Å². The summed E-state index contributed by atoms with van der Waals surface area (Å²) in [4.78, 5) is 4.76. The topological polar surface area (TPSA) is 33.6 Å². The van der Waals surface area contributed by atoms with Crippen LogP contribution >= 0.6 is 0 Å². The van der Waals surface area contributed by atoms with Crippen molar-refractivity contribution in [3.8, 4) is 0 Å². The van der Waals surface area contributed by atoms with Gasteiger partial charge in [-0.25, -0.2) is 0 Å². The zero-order valence-corrected chi connectivity index (χ0v) is 14.3. The monoisotopic (exact) mass is 308 g/mol. The molecule has 1 aliphatic heterocycles. The van der Waals surface area contributed by atoms with E-state index in [9.17, 15) is 5.11 Å². The van der Waals surface area contributed by atoms with Crippen molar-refractivity contribution in [1.82, 2.24) is 0 Å². The molecular formula is C18H34N3O+3. The molecule has 0 amide bonds. The highest BCUT2D eigenvalue weighted by Gasteiger charge is 2.26. The maximum atomic E-state index is 10.3. The van der Waals surface area contributed by atoms with Crippen molar-refractivity contribution < 1.29 is 19.8 Å². The summed E-state index contributed by atoms with van der Waals surface area (Å²) in [6.45, 7) is 14.4. The summed E-state index contributed by atoms with van der Waals surface area (Å²) in [6.07, 6.45) is -0.152. The molecule has 4 nitrogen and oxygen atoms in total. The highest BCUT2D eigenvalue weighted by atomic mass is 16.3. The number of hydrogen-bond donors (Lipinski definition) is 4. The molecule has 1 heterocycles. The molecule has 0 bridgehead atoms. The predicted octanol–water partition coefficient (Wildman–Crippen LogP) is -2.74. The van der Waals surface area contributed by atoms with Gasteiger partial charge >= 0.3 is 0 Å². The molecule has 0 aliphatic carbocycles. The molecule has 0 spiro atoms. The molecule has 1 fully saturated rings. The summed E-state index contributed by atoms with van der Waals surface area (Å²) in [5.74, 6) is 0. The molecule has 1 aromatic carbocycles. The summed E-state index contributed by atoms with van der Waals surface area (Å²) in [5, 5.41) is 10.3. The van der Waals surface area contributed by atoms with Crippen molar-refractivity contribution in [1.29, 1.82) is 0 Å². The van der Waals surface area contributed by atoms with Gasteiger partial charge in [0.05, 0.1) is 13.1 Å². The van der Waals surface area contributed by atoms with Gasteiger partial charge in [0.2, 0.25) is 0 Å². The summed E-state index contributed by atoms with van der Waals surface area (Å²) in [6, 6.07) is 10.8. The van der Waals surface area contributed by atoms with Crippen molar-refractivity contribution in [2.45, 2.75) is 26.5 Å². The van der Waals surface area contributed by atoms with E-state index in [4.69, 9.17) is 0 Å². The van der Waals surface area contributed by atoms with Gasteiger partial charge in [0.25, 0.3) is 0 Å². The highest BCUT2D eigenvalue weighted by molar-refractivity contribution is 5.13. The first-order valence-electron chi connectivity index (χ1n) is 8.94. The summed E-state index contributed by atoms with van der Waals surface area (Å²) < 4.78 is 0. The predicted molar refractivity (Wildman–Crippen MR) is 89.3 cm³/mol. The van der Waals surface area contributed by atoms with E-state index >= 15 is 0 Å². The number of rotatable bonds is 8. The van der Waals surface area contributed by atoms with Gasteiger partial charge in [0, 0.05) is 5.56 Å². The first-order chi connectivity index (χ1) is 10.7. The van der Waals surface area contributed by atoms with Crippen molar-refractivity contribution in [3.63, 3.8) is 0 Å². The van der Waals surface area contributed by atoms with Gasteiger partial charge < -0.3 is 19.8 Å². The van der Waals surface area contributed by atoms with Gasteiger partial charge in [-0.2, -0.15) is 0 Å². The van der Waals surface area contributed by atoms with Crippen LogP contribution in [0.15, 0.2) is 30.3 Å². The smallest absolute Gasteiger partial charge is 0.152 e. The normalized spacial score (nSPS) is 23.6. The molecule has 22 heavy (non-hydrogen) atoms. The maximum Gasteiger partial charge on any atom is 0.152 e. The fraction of sp³-hybridized carbons (Fsp3) is 0.667. The Morgan fingerprint density at radius 2 is 1.59 bits per heavy atom. The van der Waals surface area contributed by atoms with E-state index < -0.39 is 0 Å². The van der Waals surface area contributed by atoms with Crippen LogP contribution in [-0.4, -0.2) is 63.6 Å². The summed E-state index contributed by atoms with van der Waals surface area (Å²) in [7, 11) is 0. The molecule has 4 N–H and O–H groups in total. The zero-order valence-electron chi connectivity index (χ0n) is 14.3. The minimum absolute atomic E-state index is 0.152. The third-order valence-corrected chi connectivity index (χ3v) is 5.01. The number of piperazine rings is 1. The van der Waals surface area contributed by atoms with Crippen LogP contribution in [0, 0.1) is 0 Å². The molecule has 0 radical (unpaired) electrons. The van der Waals surface area contributed by atoms with E-state index in [0.29, 0.717) is 0 Å². The van der Waals surface area contributed by atoms with E-state index in [2.05, 4.69) is 44.2 Å². The van der Waals surface area contributed by atoms with Crippen LogP contribution in [0.1, 0.15) is 19.4 Å². The molecule has 0 aromatic heterocycles. The van der Waals surface area contributed by atoms with E-state index in [1.165, 1.54) is 36.6 Å². The first kappa shape index (κ1) is 17.4. The van der Waals surface area contributed by atoms with Crippen LogP contribution < -0.4 is 14.7 Å². The fourth-order valence-electron chi connectivity index (χ4n) is 3.50. The average molecular weight is 308 g/mol. The molecule has 0 saturated carbocycles. The van der Waals surface area contributed by atoms with Crippen LogP contribution in [-0.2, 0) is 6.54 Å². The number of quaternary nitrogens is 3. The molecule has 2 rings (SSSR count). The third kappa shape index (κ3) is 5.69. The quantitative estimate of drug-likeness (QED) is 0.413. The number of hydrogen-bond acceptors (Lipinski definition) is 1. The fourth-order valence-corrected chi connectivity index (χ4v) is 3.50.